The van der Waals surface area contributed by atoms with E-state index in [0.29, 0.717) is 39.9 Å². The molecular weight excluding hydrogens is 414 g/mol. The number of thiazole rings is 1. The van der Waals surface area contributed by atoms with Crippen molar-refractivity contribution in [3.63, 3.8) is 0 Å². The quantitative estimate of drug-likeness (QED) is 0.468. The van der Waals surface area contributed by atoms with E-state index >= 15 is 0 Å². The van der Waals surface area contributed by atoms with Crippen molar-refractivity contribution in [3.05, 3.63) is 75.3 Å². The standard InChI is InChI=1S/C23H21N3O4S/c1-12-4-3-5-15(10-12)21(28)26-23-25-13(2)19(31-23)22(29)30-16-7-9-17-14(11-16)6-8-18(17)20(24)27/h3-5,7,9-11,18H,6,8H2,1-2H3,(H2,24,27)(H,25,26,28). The van der Waals surface area contributed by atoms with Crippen molar-refractivity contribution in [2.24, 2.45) is 5.73 Å². The average molecular weight is 436 g/mol. The number of rotatable bonds is 5. The van der Waals surface area contributed by atoms with Crippen molar-refractivity contribution in [2.45, 2.75) is 32.6 Å². The van der Waals surface area contributed by atoms with Gasteiger partial charge in [0.2, 0.25) is 5.91 Å². The van der Waals surface area contributed by atoms with E-state index in [0.717, 1.165) is 28.0 Å². The number of nitrogens with two attached hydrogens (primary N) is 1. The molecule has 1 unspecified atom stereocenters. The van der Waals surface area contributed by atoms with E-state index in [-0.39, 0.29) is 17.7 Å². The summed E-state index contributed by atoms with van der Waals surface area (Å²) in [7, 11) is 0. The molecular formula is C23H21N3O4S. The highest BCUT2D eigenvalue weighted by molar-refractivity contribution is 7.17. The summed E-state index contributed by atoms with van der Waals surface area (Å²) in [5.41, 5.74) is 9.27. The first-order valence-corrected chi connectivity index (χ1v) is 10.6. The third-order valence-electron chi connectivity index (χ3n) is 5.23. The summed E-state index contributed by atoms with van der Waals surface area (Å²) in [5.74, 6) is -1.07. The lowest BCUT2D eigenvalue weighted by Crippen LogP contribution is -2.19. The first kappa shape index (κ1) is 20.7. The minimum atomic E-state index is -0.546. The fraction of sp³-hybridized carbons (Fsp3) is 0.217. The molecule has 158 valence electrons. The first-order valence-electron chi connectivity index (χ1n) is 9.81. The number of carbonyl (C=O) groups excluding carboxylic acids is 3. The molecule has 8 heteroatoms. The zero-order valence-corrected chi connectivity index (χ0v) is 17.9. The van der Waals surface area contributed by atoms with Gasteiger partial charge in [-0.05, 0) is 62.1 Å². The predicted octanol–water partition coefficient (Wildman–Crippen LogP) is 3.75. The number of nitrogens with one attached hydrogen (secondary N) is 1. The van der Waals surface area contributed by atoms with Gasteiger partial charge in [0.1, 0.15) is 10.6 Å². The Labute approximate surface area is 183 Å². The van der Waals surface area contributed by atoms with Crippen LogP contribution in [0.4, 0.5) is 5.13 Å². The van der Waals surface area contributed by atoms with Crippen LogP contribution in [0.25, 0.3) is 0 Å². The zero-order chi connectivity index (χ0) is 22.1. The third kappa shape index (κ3) is 4.34. The summed E-state index contributed by atoms with van der Waals surface area (Å²) in [6.45, 7) is 3.60. The number of carbonyl (C=O) groups is 3. The number of nitrogens with zero attached hydrogens (tertiary/aromatic N) is 1. The number of anilines is 1. The number of primary amides is 1. The molecule has 3 N–H and O–H groups in total. The van der Waals surface area contributed by atoms with Gasteiger partial charge in [-0.15, -0.1) is 0 Å². The van der Waals surface area contributed by atoms with Crippen molar-refractivity contribution >= 4 is 34.3 Å². The molecule has 0 fully saturated rings. The molecule has 1 aliphatic rings. The molecule has 31 heavy (non-hydrogen) atoms. The Morgan fingerprint density at radius 3 is 2.71 bits per heavy atom. The number of hydrogen-bond donors (Lipinski definition) is 2. The van der Waals surface area contributed by atoms with E-state index in [1.165, 1.54) is 0 Å². The van der Waals surface area contributed by atoms with E-state index in [2.05, 4.69) is 10.3 Å². The number of esters is 1. The molecule has 1 heterocycles. The van der Waals surface area contributed by atoms with Gasteiger partial charge in [-0.2, -0.15) is 0 Å². The fourth-order valence-corrected chi connectivity index (χ4v) is 4.54. The van der Waals surface area contributed by atoms with Crippen LogP contribution in [0, 0.1) is 13.8 Å². The van der Waals surface area contributed by atoms with Crippen LogP contribution in [0.1, 0.15) is 54.8 Å². The molecule has 0 saturated carbocycles. The Hall–Kier alpha value is -3.52. The fourth-order valence-electron chi connectivity index (χ4n) is 3.70. The molecule has 0 aliphatic heterocycles. The van der Waals surface area contributed by atoms with Crippen LogP contribution in [0.15, 0.2) is 42.5 Å². The van der Waals surface area contributed by atoms with E-state index in [1.807, 2.05) is 19.1 Å². The van der Waals surface area contributed by atoms with E-state index < -0.39 is 5.97 Å². The van der Waals surface area contributed by atoms with Crippen molar-refractivity contribution in [1.29, 1.82) is 0 Å². The number of aromatic nitrogens is 1. The average Bonchev–Trinajstić information content (AvgIpc) is 3.31. The van der Waals surface area contributed by atoms with Gasteiger partial charge in [0.15, 0.2) is 5.13 Å². The molecule has 3 aromatic rings. The van der Waals surface area contributed by atoms with Crippen LogP contribution in [-0.4, -0.2) is 22.8 Å². The van der Waals surface area contributed by atoms with Gasteiger partial charge in [0.05, 0.1) is 11.6 Å². The summed E-state index contributed by atoms with van der Waals surface area (Å²) >= 11 is 1.07. The number of hydrogen-bond acceptors (Lipinski definition) is 6. The van der Waals surface area contributed by atoms with Crippen LogP contribution in [0.3, 0.4) is 0 Å². The zero-order valence-electron chi connectivity index (χ0n) is 17.1. The molecule has 0 bridgehead atoms. The Balaban J connectivity index is 1.47. The topological polar surface area (TPSA) is 111 Å². The van der Waals surface area contributed by atoms with Gasteiger partial charge in [0.25, 0.3) is 5.91 Å². The van der Waals surface area contributed by atoms with Gasteiger partial charge in [0, 0.05) is 5.56 Å². The molecule has 1 aromatic heterocycles. The van der Waals surface area contributed by atoms with Gasteiger partial charge in [-0.3, -0.25) is 14.9 Å². The molecule has 0 spiro atoms. The number of benzene rings is 2. The number of ether oxygens (including phenoxy) is 1. The minimum Gasteiger partial charge on any atom is -0.422 e. The van der Waals surface area contributed by atoms with E-state index in [9.17, 15) is 14.4 Å². The van der Waals surface area contributed by atoms with E-state index in [1.54, 1.807) is 37.3 Å². The smallest absolute Gasteiger partial charge is 0.355 e. The Morgan fingerprint density at radius 1 is 1.16 bits per heavy atom. The van der Waals surface area contributed by atoms with Crippen molar-refractivity contribution in [3.8, 4) is 5.75 Å². The SMILES string of the molecule is Cc1cccc(C(=O)Nc2nc(C)c(C(=O)Oc3ccc4c(c3)CCC4C(N)=O)s2)c1. The summed E-state index contributed by atoms with van der Waals surface area (Å²) in [6.07, 6.45) is 1.38. The number of amides is 2. The molecule has 1 aliphatic carbocycles. The third-order valence-corrected chi connectivity index (χ3v) is 6.28. The van der Waals surface area contributed by atoms with Crippen molar-refractivity contribution in [2.75, 3.05) is 5.32 Å². The highest BCUT2D eigenvalue weighted by Gasteiger charge is 2.27. The molecule has 4 rings (SSSR count). The van der Waals surface area contributed by atoms with Gasteiger partial charge >= 0.3 is 5.97 Å². The second-order valence-corrected chi connectivity index (χ2v) is 8.50. The minimum absolute atomic E-state index is 0.289. The molecule has 0 saturated heterocycles. The van der Waals surface area contributed by atoms with Crippen LogP contribution in [0.2, 0.25) is 0 Å². The van der Waals surface area contributed by atoms with Gasteiger partial charge < -0.3 is 10.5 Å². The normalized spacial score (nSPS) is 14.7. The molecule has 7 nitrogen and oxygen atoms in total. The number of aryl methyl sites for hydroxylation is 3. The van der Waals surface area contributed by atoms with Gasteiger partial charge in [-0.1, -0.05) is 35.1 Å². The van der Waals surface area contributed by atoms with Crippen molar-refractivity contribution < 1.29 is 19.1 Å². The summed E-state index contributed by atoms with van der Waals surface area (Å²) in [5, 5.41) is 3.06. The molecule has 2 aromatic carbocycles. The Kier molecular flexibility index (Phi) is 5.56. The van der Waals surface area contributed by atoms with Crippen LogP contribution < -0.4 is 15.8 Å². The first-order chi connectivity index (χ1) is 14.8. The lowest BCUT2D eigenvalue weighted by atomic mass is 10.0. The van der Waals surface area contributed by atoms with E-state index in [4.69, 9.17) is 10.5 Å². The van der Waals surface area contributed by atoms with Crippen LogP contribution in [0.5, 0.6) is 5.75 Å². The molecule has 0 radical (unpaired) electrons. The lowest BCUT2D eigenvalue weighted by molar-refractivity contribution is -0.119. The molecule has 1 atom stereocenters. The van der Waals surface area contributed by atoms with Crippen LogP contribution in [-0.2, 0) is 11.2 Å². The summed E-state index contributed by atoms with van der Waals surface area (Å²) < 4.78 is 5.52. The largest absolute Gasteiger partial charge is 0.422 e. The van der Waals surface area contributed by atoms with Gasteiger partial charge in [-0.25, -0.2) is 9.78 Å². The molecule has 2 amide bonds. The summed E-state index contributed by atoms with van der Waals surface area (Å²) in [4.78, 5) is 41.3. The maximum absolute atomic E-state index is 12.7. The number of fused-ring (bicyclic) bond motifs is 1. The highest BCUT2D eigenvalue weighted by atomic mass is 32.1. The monoisotopic (exact) mass is 435 g/mol. The second-order valence-electron chi connectivity index (χ2n) is 7.50. The summed E-state index contributed by atoms with van der Waals surface area (Å²) in [6, 6.07) is 12.4. The lowest BCUT2D eigenvalue weighted by Gasteiger charge is -2.08. The Morgan fingerprint density at radius 2 is 1.97 bits per heavy atom. The second kappa shape index (κ2) is 8.31. The van der Waals surface area contributed by atoms with Crippen LogP contribution >= 0.6 is 11.3 Å². The Bertz CT molecular complexity index is 1200. The maximum Gasteiger partial charge on any atom is 0.355 e. The van der Waals surface area contributed by atoms with Crippen molar-refractivity contribution in [1.82, 2.24) is 4.98 Å². The highest BCUT2D eigenvalue weighted by Crippen LogP contribution is 2.35. The predicted molar refractivity (Wildman–Crippen MR) is 118 cm³/mol. The maximum atomic E-state index is 12.7.